The van der Waals surface area contributed by atoms with Crippen LogP contribution in [0.5, 0.6) is 0 Å². The summed E-state index contributed by atoms with van der Waals surface area (Å²) in [6, 6.07) is 0. The zero-order valence-corrected chi connectivity index (χ0v) is 12.7. The van der Waals surface area contributed by atoms with Gasteiger partial charge in [-0.2, -0.15) is 0 Å². The van der Waals surface area contributed by atoms with Gasteiger partial charge in [0.05, 0.1) is 12.4 Å². The van der Waals surface area contributed by atoms with Gasteiger partial charge in [0, 0.05) is 32.6 Å². The summed E-state index contributed by atoms with van der Waals surface area (Å²) in [6.07, 6.45) is 2.49. The van der Waals surface area contributed by atoms with Crippen LogP contribution in [0.2, 0.25) is 0 Å². The highest BCUT2D eigenvalue weighted by Crippen LogP contribution is 2.21. The Morgan fingerprint density at radius 2 is 1.95 bits per heavy atom. The largest absolute Gasteiger partial charge is 0.393 e. The van der Waals surface area contributed by atoms with Crippen molar-refractivity contribution < 1.29 is 18.3 Å². The number of carbonyl (C=O) groups excluding carboxylic acids is 1. The molecule has 0 aromatic heterocycles. The summed E-state index contributed by atoms with van der Waals surface area (Å²) in [6.45, 7) is 3.06. The van der Waals surface area contributed by atoms with Crippen LogP contribution in [-0.2, 0) is 14.8 Å². The van der Waals surface area contributed by atoms with Gasteiger partial charge in [-0.15, -0.1) is 0 Å². The van der Waals surface area contributed by atoms with Gasteiger partial charge < -0.3 is 10.0 Å². The van der Waals surface area contributed by atoms with Gasteiger partial charge in [-0.1, -0.05) is 0 Å². The fraction of sp³-hybridized carbons (Fsp3) is 0.917. The quantitative estimate of drug-likeness (QED) is 0.767. The van der Waals surface area contributed by atoms with Crippen molar-refractivity contribution in [3.8, 4) is 0 Å². The van der Waals surface area contributed by atoms with Gasteiger partial charge in [-0.25, -0.2) is 12.7 Å². The van der Waals surface area contributed by atoms with Crippen molar-refractivity contribution in [2.24, 2.45) is 5.92 Å². The van der Waals surface area contributed by atoms with Crippen molar-refractivity contribution in [1.82, 2.24) is 9.21 Å². The van der Waals surface area contributed by atoms with E-state index in [4.69, 9.17) is 0 Å². The number of hydrogen-bond acceptors (Lipinski definition) is 4. The third kappa shape index (κ3) is 5.08. The number of amides is 1. The van der Waals surface area contributed by atoms with Gasteiger partial charge >= 0.3 is 0 Å². The Hall–Kier alpha value is -0.660. The predicted octanol–water partition coefficient (Wildman–Crippen LogP) is -0.113. The van der Waals surface area contributed by atoms with Crippen LogP contribution in [0.3, 0.4) is 0 Å². The number of sulfonamides is 1. The molecule has 0 saturated carbocycles. The van der Waals surface area contributed by atoms with Gasteiger partial charge in [0.15, 0.2) is 0 Å². The lowest BCUT2D eigenvalue weighted by atomic mass is 9.96. The fourth-order valence-corrected chi connectivity index (χ4v) is 3.11. The molecule has 0 aromatic rings. The normalized spacial score (nSPS) is 20.2. The van der Waals surface area contributed by atoms with Crippen LogP contribution in [0, 0.1) is 5.92 Å². The standard InChI is InChI=1S/C12H24N2O4S/c1-10(15)4-7-13(2)12(16)11-5-8-14(9-6-11)19(3,17)18/h10-11,15H,4-9H2,1-3H3. The summed E-state index contributed by atoms with van der Waals surface area (Å²) in [5, 5.41) is 9.21. The van der Waals surface area contributed by atoms with Gasteiger partial charge in [-0.05, 0) is 26.2 Å². The molecular formula is C12H24N2O4S. The molecule has 1 fully saturated rings. The molecule has 7 heteroatoms. The molecule has 0 bridgehead atoms. The lowest BCUT2D eigenvalue weighted by Gasteiger charge is -2.31. The summed E-state index contributed by atoms with van der Waals surface area (Å²) >= 11 is 0. The fourth-order valence-electron chi connectivity index (χ4n) is 2.24. The first-order chi connectivity index (χ1) is 8.71. The summed E-state index contributed by atoms with van der Waals surface area (Å²) in [5.74, 6) is -0.0502. The minimum absolute atomic E-state index is 0.0498. The molecule has 19 heavy (non-hydrogen) atoms. The molecule has 1 heterocycles. The Kier molecular flexibility index (Phi) is 5.76. The molecule has 1 aliphatic rings. The van der Waals surface area contributed by atoms with Crippen LogP contribution < -0.4 is 0 Å². The molecule has 0 radical (unpaired) electrons. The summed E-state index contributed by atoms with van der Waals surface area (Å²) in [7, 11) is -1.41. The minimum atomic E-state index is -3.14. The number of rotatable bonds is 5. The molecule has 112 valence electrons. The topological polar surface area (TPSA) is 77.9 Å². The Labute approximate surface area is 115 Å². The first kappa shape index (κ1) is 16.4. The van der Waals surface area contributed by atoms with E-state index < -0.39 is 16.1 Å². The smallest absolute Gasteiger partial charge is 0.225 e. The summed E-state index contributed by atoms with van der Waals surface area (Å²) in [4.78, 5) is 13.8. The highest BCUT2D eigenvalue weighted by atomic mass is 32.2. The number of piperidine rings is 1. The maximum absolute atomic E-state index is 12.1. The molecule has 0 aromatic carbocycles. The Morgan fingerprint density at radius 3 is 2.37 bits per heavy atom. The molecule has 1 unspecified atom stereocenters. The second kappa shape index (κ2) is 6.67. The summed E-state index contributed by atoms with van der Waals surface area (Å²) < 4.78 is 24.2. The van der Waals surface area contributed by atoms with Crippen LogP contribution in [0.25, 0.3) is 0 Å². The lowest BCUT2D eigenvalue weighted by Crippen LogP contribution is -2.43. The lowest BCUT2D eigenvalue weighted by molar-refractivity contribution is -0.135. The second-order valence-electron chi connectivity index (χ2n) is 5.33. The van der Waals surface area contributed by atoms with E-state index in [-0.39, 0.29) is 11.8 Å². The molecule has 1 aliphatic heterocycles. The van der Waals surface area contributed by atoms with Gasteiger partial charge in [0.25, 0.3) is 0 Å². The molecule has 1 atom stereocenters. The van der Waals surface area contributed by atoms with E-state index >= 15 is 0 Å². The zero-order chi connectivity index (χ0) is 14.6. The van der Waals surface area contributed by atoms with Crippen LogP contribution in [-0.4, -0.2) is 67.7 Å². The first-order valence-corrected chi connectivity index (χ1v) is 8.45. The average molecular weight is 292 g/mol. The van der Waals surface area contributed by atoms with Gasteiger partial charge in [-0.3, -0.25) is 4.79 Å². The maximum Gasteiger partial charge on any atom is 0.225 e. The van der Waals surface area contributed by atoms with E-state index in [2.05, 4.69) is 0 Å². The van der Waals surface area contributed by atoms with Crippen LogP contribution in [0.15, 0.2) is 0 Å². The van der Waals surface area contributed by atoms with E-state index in [1.807, 2.05) is 0 Å². The van der Waals surface area contributed by atoms with Crippen molar-refractivity contribution in [3.63, 3.8) is 0 Å². The van der Waals surface area contributed by atoms with Crippen molar-refractivity contribution >= 4 is 15.9 Å². The van der Waals surface area contributed by atoms with Crippen LogP contribution >= 0.6 is 0 Å². The molecule has 1 rings (SSSR count). The third-order valence-electron chi connectivity index (χ3n) is 3.53. The van der Waals surface area contributed by atoms with E-state index in [0.29, 0.717) is 38.9 Å². The predicted molar refractivity (Wildman–Crippen MR) is 73.1 cm³/mol. The van der Waals surface area contributed by atoms with E-state index in [0.717, 1.165) is 0 Å². The number of aliphatic hydroxyl groups excluding tert-OH is 1. The van der Waals surface area contributed by atoms with Crippen molar-refractivity contribution in [1.29, 1.82) is 0 Å². The molecule has 6 nitrogen and oxygen atoms in total. The maximum atomic E-state index is 12.1. The van der Waals surface area contributed by atoms with Crippen molar-refractivity contribution in [2.45, 2.75) is 32.3 Å². The highest BCUT2D eigenvalue weighted by molar-refractivity contribution is 7.88. The summed E-state index contributed by atoms with van der Waals surface area (Å²) in [5.41, 5.74) is 0. The van der Waals surface area contributed by atoms with Gasteiger partial charge in [0.2, 0.25) is 15.9 Å². The molecule has 0 spiro atoms. The first-order valence-electron chi connectivity index (χ1n) is 6.60. The SMILES string of the molecule is CC(O)CCN(C)C(=O)C1CCN(S(C)(=O)=O)CC1. The average Bonchev–Trinajstić information content (AvgIpc) is 2.34. The van der Waals surface area contributed by atoms with Gasteiger partial charge in [0.1, 0.15) is 0 Å². The monoisotopic (exact) mass is 292 g/mol. The molecule has 1 N–H and O–H groups in total. The Balaban J connectivity index is 2.44. The zero-order valence-electron chi connectivity index (χ0n) is 11.9. The number of carbonyl (C=O) groups is 1. The van der Waals surface area contributed by atoms with Crippen molar-refractivity contribution in [3.05, 3.63) is 0 Å². The molecule has 1 saturated heterocycles. The highest BCUT2D eigenvalue weighted by Gasteiger charge is 2.30. The number of hydrogen-bond donors (Lipinski definition) is 1. The Morgan fingerprint density at radius 1 is 1.42 bits per heavy atom. The number of aliphatic hydroxyl groups is 1. The Bertz CT molecular complexity index is 400. The van der Waals surface area contributed by atoms with Crippen molar-refractivity contribution in [2.75, 3.05) is 32.9 Å². The van der Waals surface area contributed by atoms with Crippen LogP contribution in [0.1, 0.15) is 26.2 Å². The number of nitrogens with zero attached hydrogens (tertiary/aromatic N) is 2. The second-order valence-corrected chi connectivity index (χ2v) is 7.32. The van der Waals surface area contributed by atoms with E-state index in [1.54, 1.807) is 18.9 Å². The van der Waals surface area contributed by atoms with E-state index in [1.165, 1.54) is 10.6 Å². The van der Waals surface area contributed by atoms with Crippen LogP contribution in [0.4, 0.5) is 0 Å². The molecule has 1 amide bonds. The molecular weight excluding hydrogens is 268 g/mol. The third-order valence-corrected chi connectivity index (χ3v) is 4.83. The molecule has 0 aliphatic carbocycles. The van der Waals surface area contributed by atoms with E-state index in [9.17, 15) is 18.3 Å². The minimum Gasteiger partial charge on any atom is -0.393 e.